The predicted molar refractivity (Wildman–Crippen MR) is 151 cm³/mol. The van der Waals surface area contributed by atoms with Crippen LogP contribution in [-0.2, 0) is 23.9 Å². The van der Waals surface area contributed by atoms with E-state index in [2.05, 4.69) is 64.3 Å². The molecule has 0 aliphatic carbocycles. The van der Waals surface area contributed by atoms with Crippen LogP contribution in [0.1, 0.15) is 63.8 Å². The van der Waals surface area contributed by atoms with Gasteiger partial charge in [-0.05, 0) is 57.3 Å². The van der Waals surface area contributed by atoms with Crippen molar-refractivity contribution in [1.29, 1.82) is 0 Å². The van der Waals surface area contributed by atoms with Crippen molar-refractivity contribution in [2.75, 3.05) is 13.2 Å². The highest BCUT2D eigenvalue weighted by Gasteiger charge is 2.18. The van der Waals surface area contributed by atoms with Crippen LogP contribution in [0, 0.1) is 0 Å². The van der Waals surface area contributed by atoms with E-state index in [0.717, 1.165) is 11.1 Å². The molecule has 0 saturated heterocycles. The summed E-state index contributed by atoms with van der Waals surface area (Å²) < 4.78 is 0. The van der Waals surface area contributed by atoms with Crippen LogP contribution in [0.15, 0.2) is 36.4 Å². The smallest absolute Gasteiger partial charge is 0.0874 e. The number of aliphatic hydroxyl groups is 2. The lowest BCUT2D eigenvalue weighted by molar-refractivity contribution is 0.278. The summed E-state index contributed by atoms with van der Waals surface area (Å²) in [5, 5.41) is 27.5. The number of aliphatic hydroxyl groups excluding tert-OH is 2. The summed E-state index contributed by atoms with van der Waals surface area (Å²) in [7, 11) is 3.01. The first-order chi connectivity index (χ1) is 15.8. The first-order valence-corrected chi connectivity index (χ1v) is 14.5. The lowest BCUT2D eigenvalue weighted by Gasteiger charge is -2.23. The van der Waals surface area contributed by atoms with E-state index in [1.165, 1.54) is 32.7 Å². The molecule has 190 valence electrons. The van der Waals surface area contributed by atoms with E-state index in [1.807, 2.05) is 24.3 Å². The van der Waals surface area contributed by atoms with Gasteiger partial charge in [0.15, 0.2) is 0 Å². The predicted octanol–water partition coefficient (Wildman–Crippen LogP) is 6.49. The minimum Gasteiger partial charge on any atom is -0.394 e. The Hall–Kier alpha value is -0.440. The van der Waals surface area contributed by atoms with Gasteiger partial charge in [-0.3, -0.25) is 10.6 Å². The molecule has 0 saturated carbocycles. The molecule has 8 heteroatoms. The number of hydrogen-bond donors (Lipinski definition) is 4. The Morgan fingerprint density at radius 1 is 0.676 bits per heavy atom. The van der Waals surface area contributed by atoms with Crippen molar-refractivity contribution < 1.29 is 10.2 Å². The second-order valence-electron chi connectivity index (χ2n) is 10.5. The molecule has 4 nitrogen and oxygen atoms in total. The molecule has 2 aromatic rings. The maximum Gasteiger partial charge on any atom is 0.0874 e. The third kappa shape index (κ3) is 9.90. The zero-order chi connectivity index (χ0) is 25.5. The molecule has 34 heavy (non-hydrogen) atoms. The summed E-state index contributed by atoms with van der Waals surface area (Å²) in [6.45, 7) is 14.1. The van der Waals surface area contributed by atoms with Gasteiger partial charge >= 0.3 is 0 Å². The number of rotatable bonds is 11. The fourth-order valence-corrected chi connectivity index (χ4v) is 6.01. The molecule has 2 unspecified atom stereocenters. The molecular weight excluding hydrogens is 507 g/mol. The molecule has 0 aliphatic rings. The van der Waals surface area contributed by atoms with Gasteiger partial charge in [-0.2, -0.15) is 0 Å². The maximum atomic E-state index is 9.85. The summed E-state index contributed by atoms with van der Waals surface area (Å²) in [5.41, 5.74) is 4.54. The largest absolute Gasteiger partial charge is 0.394 e. The van der Waals surface area contributed by atoms with Crippen LogP contribution < -0.4 is 10.6 Å². The topological polar surface area (TPSA) is 64.5 Å². The average molecular weight is 546 g/mol. The third-order valence-corrected chi connectivity index (χ3v) is 8.71. The molecular formula is C26H38Cl2N2O2S2. The molecule has 2 aromatic carbocycles. The van der Waals surface area contributed by atoms with Crippen molar-refractivity contribution in [1.82, 2.24) is 10.6 Å². The maximum absolute atomic E-state index is 9.85. The Labute approximate surface area is 223 Å². The Kier molecular flexibility index (Phi) is 11.6. The summed E-state index contributed by atoms with van der Waals surface area (Å²) in [5.74, 6) is 0. The molecule has 2 atom stereocenters. The summed E-state index contributed by atoms with van der Waals surface area (Å²) in [6.07, 6.45) is 0. The van der Waals surface area contributed by atoms with Gasteiger partial charge in [0, 0.05) is 23.1 Å². The van der Waals surface area contributed by atoms with E-state index < -0.39 is 0 Å². The second-order valence-corrected chi connectivity index (χ2v) is 14.0. The second kappa shape index (κ2) is 13.2. The molecule has 0 radical (unpaired) electrons. The summed E-state index contributed by atoms with van der Waals surface area (Å²) >= 11 is 12.7. The lowest BCUT2D eigenvalue weighted by Crippen LogP contribution is -2.31. The van der Waals surface area contributed by atoms with E-state index in [1.54, 1.807) is 0 Å². The van der Waals surface area contributed by atoms with Crippen LogP contribution in [0.5, 0.6) is 0 Å². The molecule has 4 N–H and O–H groups in total. The van der Waals surface area contributed by atoms with Crippen molar-refractivity contribution in [3.63, 3.8) is 0 Å². The molecule has 0 bridgehead atoms. The highest BCUT2D eigenvalue weighted by molar-refractivity contribution is 8.77. The van der Waals surface area contributed by atoms with Crippen molar-refractivity contribution in [3.8, 4) is 0 Å². The van der Waals surface area contributed by atoms with Crippen LogP contribution in [0.25, 0.3) is 0 Å². The Bertz CT molecular complexity index is 854. The van der Waals surface area contributed by atoms with E-state index in [-0.39, 0.29) is 34.8 Å². The van der Waals surface area contributed by atoms with Crippen LogP contribution in [0.3, 0.4) is 0 Å². The molecule has 0 fully saturated rings. The summed E-state index contributed by atoms with van der Waals surface area (Å²) in [6, 6.07) is 12.2. The van der Waals surface area contributed by atoms with Gasteiger partial charge in [-0.1, -0.05) is 98.5 Å². The first-order valence-electron chi connectivity index (χ1n) is 11.4. The highest BCUT2D eigenvalue weighted by atomic mass is 35.5. The standard InChI is InChI=1S/C26H38Cl2N2O2S2/c1-25(2,3)19-7-17(9-21(27)11-19)13-29-23(15-31)33-34-24(16-32)30-14-18-8-20(26(4,5)6)12-22(28)10-18/h7-12,23-24,29-32H,13-16H2,1-6H3. The Morgan fingerprint density at radius 3 is 1.32 bits per heavy atom. The number of hydrogen-bond acceptors (Lipinski definition) is 6. The monoisotopic (exact) mass is 544 g/mol. The fourth-order valence-electron chi connectivity index (χ4n) is 3.23. The molecule has 0 aliphatic heterocycles. The average Bonchev–Trinajstić information content (AvgIpc) is 2.73. The first kappa shape index (κ1) is 29.8. The van der Waals surface area contributed by atoms with Crippen LogP contribution >= 0.6 is 44.8 Å². The minimum absolute atomic E-state index is 0.0112. The van der Waals surface area contributed by atoms with Gasteiger partial charge in [-0.15, -0.1) is 0 Å². The highest BCUT2D eigenvalue weighted by Crippen LogP contribution is 2.31. The van der Waals surface area contributed by atoms with Crippen LogP contribution in [-0.4, -0.2) is 34.2 Å². The van der Waals surface area contributed by atoms with Gasteiger partial charge in [-0.25, -0.2) is 0 Å². The van der Waals surface area contributed by atoms with Gasteiger partial charge in [0.05, 0.1) is 24.0 Å². The van der Waals surface area contributed by atoms with E-state index in [0.29, 0.717) is 23.1 Å². The van der Waals surface area contributed by atoms with Gasteiger partial charge in [0.25, 0.3) is 0 Å². The van der Waals surface area contributed by atoms with Crippen molar-refractivity contribution in [2.45, 2.75) is 76.2 Å². The van der Waals surface area contributed by atoms with Crippen LogP contribution in [0.2, 0.25) is 10.0 Å². The number of halogens is 2. The quantitative estimate of drug-likeness (QED) is 0.191. The van der Waals surface area contributed by atoms with Gasteiger partial charge in [0.1, 0.15) is 0 Å². The van der Waals surface area contributed by atoms with Crippen molar-refractivity contribution in [2.24, 2.45) is 0 Å². The molecule has 0 amide bonds. The lowest BCUT2D eigenvalue weighted by atomic mass is 9.86. The van der Waals surface area contributed by atoms with E-state index in [9.17, 15) is 10.2 Å². The molecule has 0 heterocycles. The molecule has 0 aromatic heterocycles. The van der Waals surface area contributed by atoms with Crippen molar-refractivity contribution >= 4 is 44.8 Å². The van der Waals surface area contributed by atoms with Gasteiger partial charge in [0.2, 0.25) is 0 Å². The number of nitrogens with one attached hydrogen (secondary N) is 2. The summed E-state index contributed by atoms with van der Waals surface area (Å²) in [4.78, 5) is 0. The fraction of sp³-hybridized carbons (Fsp3) is 0.538. The number of benzene rings is 2. The minimum atomic E-state index is -0.184. The van der Waals surface area contributed by atoms with Crippen LogP contribution in [0.4, 0.5) is 0 Å². The van der Waals surface area contributed by atoms with Gasteiger partial charge < -0.3 is 10.2 Å². The third-order valence-electron chi connectivity index (χ3n) is 5.33. The van der Waals surface area contributed by atoms with E-state index in [4.69, 9.17) is 23.2 Å². The normalized spacial score (nSPS) is 14.3. The van der Waals surface area contributed by atoms with E-state index >= 15 is 0 Å². The zero-order valence-electron chi connectivity index (χ0n) is 20.9. The Balaban J connectivity index is 1.91. The Morgan fingerprint density at radius 2 is 1.03 bits per heavy atom. The molecule has 2 rings (SSSR count). The SMILES string of the molecule is CC(C)(C)c1cc(Cl)cc(CNC(CO)SSC(CO)NCc2cc(Cl)cc(C(C)(C)C)c2)c1. The zero-order valence-corrected chi connectivity index (χ0v) is 24.1. The molecule has 0 spiro atoms. The van der Waals surface area contributed by atoms with Crippen molar-refractivity contribution in [3.05, 3.63) is 68.7 Å².